The molecule has 1 heterocycles. The Hall–Kier alpha value is -0.710. The quantitative estimate of drug-likeness (QED) is 0.614. The maximum absolute atomic E-state index is 8.77. The van der Waals surface area contributed by atoms with Crippen molar-refractivity contribution in [3.8, 4) is 0 Å². The van der Waals surface area contributed by atoms with Gasteiger partial charge in [-0.15, -0.1) is 6.58 Å². The van der Waals surface area contributed by atoms with Crippen molar-refractivity contribution in [2.45, 2.75) is 12.5 Å². The van der Waals surface area contributed by atoms with E-state index in [1.165, 1.54) is 0 Å². The van der Waals surface area contributed by atoms with Gasteiger partial charge in [-0.25, -0.2) is 4.98 Å². The van der Waals surface area contributed by atoms with Crippen molar-refractivity contribution in [1.29, 1.82) is 0 Å². The van der Waals surface area contributed by atoms with Gasteiger partial charge >= 0.3 is 0 Å². The SMILES string of the molecule is C=CC[C@H](NCCO)c1cccc(Br)n1. The number of aliphatic hydroxyl groups excluding tert-OH is 1. The van der Waals surface area contributed by atoms with Crippen LogP contribution in [0.5, 0.6) is 0 Å². The van der Waals surface area contributed by atoms with Gasteiger partial charge in [-0.2, -0.15) is 0 Å². The second-order valence-electron chi connectivity index (χ2n) is 3.14. The summed E-state index contributed by atoms with van der Waals surface area (Å²) in [6, 6.07) is 5.92. The maximum Gasteiger partial charge on any atom is 0.106 e. The molecule has 0 saturated heterocycles. The van der Waals surface area contributed by atoms with Crippen LogP contribution in [-0.2, 0) is 0 Å². The van der Waals surface area contributed by atoms with Gasteiger partial charge in [0.2, 0.25) is 0 Å². The third-order valence-corrected chi connectivity index (χ3v) is 2.44. The van der Waals surface area contributed by atoms with E-state index in [1.54, 1.807) is 0 Å². The number of nitrogens with one attached hydrogen (secondary N) is 1. The number of nitrogens with zero attached hydrogens (tertiary/aromatic N) is 1. The second-order valence-corrected chi connectivity index (χ2v) is 3.95. The first-order chi connectivity index (χ1) is 7.27. The highest BCUT2D eigenvalue weighted by Gasteiger charge is 2.10. The number of aromatic nitrogens is 1. The van der Waals surface area contributed by atoms with Crippen molar-refractivity contribution in [2.24, 2.45) is 0 Å². The van der Waals surface area contributed by atoms with Gasteiger partial charge in [0, 0.05) is 6.54 Å². The van der Waals surface area contributed by atoms with Gasteiger partial charge in [0.25, 0.3) is 0 Å². The minimum Gasteiger partial charge on any atom is -0.395 e. The lowest BCUT2D eigenvalue weighted by Gasteiger charge is -2.16. The van der Waals surface area contributed by atoms with Crippen LogP contribution in [0.4, 0.5) is 0 Å². The van der Waals surface area contributed by atoms with Crippen LogP contribution in [0.3, 0.4) is 0 Å². The zero-order valence-corrected chi connectivity index (χ0v) is 10.1. The van der Waals surface area contributed by atoms with E-state index in [1.807, 2.05) is 24.3 Å². The number of aliphatic hydroxyl groups is 1. The fraction of sp³-hybridized carbons (Fsp3) is 0.364. The molecular weight excluding hydrogens is 256 g/mol. The van der Waals surface area contributed by atoms with Crippen LogP contribution in [-0.4, -0.2) is 23.2 Å². The molecule has 0 saturated carbocycles. The van der Waals surface area contributed by atoms with Gasteiger partial charge in [-0.3, -0.25) is 0 Å². The van der Waals surface area contributed by atoms with Crippen LogP contribution in [0.25, 0.3) is 0 Å². The molecule has 0 aliphatic carbocycles. The molecule has 0 aromatic carbocycles. The molecule has 4 heteroatoms. The average molecular weight is 271 g/mol. The van der Waals surface area contributed by atoms with Crippen molar-refractivity contribution in [2.75, 3.05) is 13.2 Å². The lowest BCUT2D eigenvalue weighted by Crippen LogP contribution is -2.24. The first-order valence-corrected chi connectivity index (χ1v) is 5.65. The first kappa shape index (κ1) is 12.4. The number of pyridine rings is 1. The molecule has 0 aliphatic rings. The Kier molecular flexibility index (Phi) is 5.53. The van der Waals surface area contributed by atoms with Gasteiger partial charge in [-0.05, 0) is 34.5 Å². The van der Waals surface area contributed by atoms with E-state index < -0.39 is 0 Å². The van der Waals surface area contributed by atoms with Crippen LogP contribution < -0.4 is 5.32 Å². The van der Waals surface area contributed by atoms with E-state index in [0.717, 1.165) is 16.7 Å². The highest BCUT2D eigenvalue weighted by atomic mass is 79.9. The van der Waals surface area contributed by atoms with E-state index in [9.17, 15) is 0 Å². The zero-order chi connectivity index (χ0) is 11.1. The highest BCUT2D eigenvalue weighted by molar-refractivity contribution is 9.10. The predicted octanol–water partition coefficient (Wildman–Crippen LogP) is 2.04. The van der Waals surface area contributed by atoms with Gasteiger partial charge in [-0.1, -0.05) is 12.1 Å². The van der Waals surface area contributed by atoms with Gasteiger partial charge in [0.05, 0.1) is 18.3 Å². The normalized spacial score (nSPS) is 12.4. The van der Waals surface area contributed by atoms with Crippen LogP contribution in [0.1, 0.15) is 18.2 Å². The second kappa shape index (κ2) is 6.71. The summed E-state index contributed by atoms with van der Waals surface area (Å²) in [5.41, 5.74) is 0.956. The zero-order valence-electron chi connectivity index (χ0n) is 8.49. The Labute approximate surface area is 98.4 Å². The fourth-order valence-electron chi connectivity index (χ4n) is 1.33. The molecule has 0 amide bonds. The molecule has 1 aromatic heterocycles. The molecular formula is C11H15BrN2O. The summed E-state index contributed by atoms with van der Waals surface area (Å²) >= 11 is 3.34. The third kappa shape index (κ3) is 4.11. The minimum absolute atomic E-state index is 0.118. The van der Waals surface area contributed by atoms with Crippen molar-refractivity contribution in [1.82, 2.24) is 10.3 Å². The Morgan fingerprint density at radius 1 is 1.60 bits per heavy atom. The molecule has 82 valence electrons. The van der Waals surface area contributed by atoms with Crippen LogP contribution >= 0.6 is 15.9 Å². The minimum atomic E-state index is 0.118. The van der Waals surface area contributed by atoms with Gasteiger partial charge < -0.3 is 10.4 Å². The molecule has 0 spiro atoms. The molecule has 0 radical (unpaired) electrons. The molecule has 1 rings (SSSR count). The third-order valence-electron chi connectivity index (χ3n) is 2.00. The molecule has 0 unspecified atom stereocenters. The van der Waals surface area contributed by atoms with Gasteiger partial charge in [0.1, 0.15) is 4.60 Å². The largest absolute Gasteiger partial charge is 0.395 e. The standard InChI is InChI=1S/C11H15BrN2O/c1-2-4-9(13-7-8-15)10-5-3-6-11(12)14-10/h2-3,5-6,9,13,15H,1,4,7-8H2/t9-/m0/s1. The summed E-state index contributed by atoms with van der Waals surface area (Å²) in [5.74, 6) is 0. The first-order valence-electron chi connectivity index (χ1n) is 4.85. The Morgan fingerprint density at radius 2 is 2.40 bits per heavy atom. The molecule has 0 aliphatic heterocycles. The van der Waals surface area contributed by atoms with E-state index in [0.29, 0.717) is 6.54 Å². The molecule has 3 nitrogen and oxygen atoms in total. The maximum atomic E-state index is 8.77. The summed E-state index contributed by atoms with van der Waals surface area (Å²) in [6.07, 6.45) is 2.64. The molecule has 0 fully saturated rings. The molecule has 0 bridgehead atoms. The molecule has 1 atom stereocenters. The molecule has 1 aromatic rings. The summed E-state index contributed by atoms with van der Waals surface area (Å²) in [6.45, 7) is 4.40. The summed E-state index contributed by atoms with van der Waals surface area (Å²) in [4.78, 5) is 4.37. The van der Waals surface area contributed by atoms with Crippen LogP contribution in [0.2, 0.25) is 0 Å². The summed E-state index contributed by atoms with van der Waals surface area (Å²) in [5, 5.41) is 12.0. The van der Waals surface area contributed by atoms with E-state index in [4.69, 9.17) is 5.11 Å². The smallest absolute Gasteiger partial charge is 0.106 e. The Balaban J connectivity index is 2.73. The van der Waals surface area contributed by atoms with Crippen molar-refractivity contribution >= 4 is 15.9 Å². The average Bonchev–Trinajstić information content (AvgIpc) is 2.24. The summed E-state index contributed by atoms with van der Waals surface area (Å²) in [7, 11) is 0. The molecule has 15 heavy (non-hydrogen) atoms. The number of hydrogen-bond acceptors (Lipinski definition) is 3. The van der Waals surface area contributed by atoms with E-state index in [-0.39, 0.29) is 12.6 Å². The van der Waals surface area contributed by atoms with Crippen LogP contribution in [0.15, 0.2) is 35.5 Å². The predicted molar refractivity (Wildman–Crippen MR) is 64.6 cm³/mol. The highest BCUT2D eigenvalue weighted by Crippen LogP contribution is 2.17. The van der Waals surface area contributed by atoms with Crippen molar-refractivity contribution < 1.29 is 5.11 Å². The lowest BCUT2D eigenvalue weighted by molar-refractivity contribution is 0.284. The monoisotopic (exact) mass is 270 g/mol. The molecule has 2 N–H and O–H groups in total. The number of hydrogen-bond donors (Lipinski definition) is 2. The number of rotatable bonds is 6. The Morgan fingerprint density at radius 3 is 3.00 bits per heavy atom. The Bertz CT molecular complexity index is 317. The van der Waals surface area contributed by atoms with Crippen molar-refractivity contribution in [3.63, 3.8) is 0 Å². The summed E-state index contributed by atoms with van der Waals surface area (Å²) < 4.78 is 0.819. The lowest BCUT2D eigenvalue weighted by atomic mass is 10.1. The van der Waals surface area contributed by atoms with Gasteiger partial charge in [0.15, 0.2) is 0 Å². The topological polar surface area (TPSA) is 45.1 Å². The van der Waals surface area contributed by atoms with Crippen LogP contribution in [0, 0.1) is 0 Å². The van der Waals surface area contributed by atoms with E-state index >= 15 is 0 Å². The van der Waals surface area contributed by atoms with Crippen molar-refractivity contribution in [3.05, 3.63) is 41.2 Å². The fourth-order valence-corrected chi connectivity index (χ4v) is 1.69. The van der Waals surface area contributed by atoms with E-state index in [2.05, 4.69) is 32.8 Å². The number of halogens is 1.